The quantitative estimate of drug-likeness (QED) is 0.882. The zero-order chi connectivity index (χ0) is 14.2. The van der Waals surface area contributed by atoms with Gasteiger partial charge in [0.1, 0.15) is 12.0 Å². The van der Waals surface area contributed by atoms with Crippen molar-refractivity contribution in [2.45, 2.75) is 46.1 Å². The first-order valence-corrected chi connectivity index (χ1v) is 7.31. The molecule has 3 rings (SSSR count). The van der Waals surface area contributed by atoms with Crippen molar-refractivity contribution >= 4 is 5.69 Å². The van der Waals surface area contributed by atoms with Crippen LogP contribution in [0.2, 0.25) is 0 Å². The van der Waals surface area contributed by atoms with E-state index >= 15 is 0 Å². The minimum atomic E-state index is 0.482. The van der Waals surface area contributed by atoms with Gasteiger partial charge in [0.25, 0.3) is 0 Å². The highest BCUT2D eigenvalue weighted by molar-refractivity contribution is 5.62. The van der Waals surface area contributed by atoms with Gasteiger partial charge in [0.05, 0.1) is 0 Å². The van der Waals surface area contributed by atoms with Crippen LogP contribution in [0.15, 0.2) is 34.9 Å². The Morgan fingerprint density at radius 2 is 2.00 bits per heavy atom. The maximum absolute atomic E-state index is 5.25. The van der Waals surface area contributed by atoms with Crippen molar-refractivity contribution in [2.24, 2.45) is 5.41 Å². The molecule has 1 N–H and O–H groups in total. The highest BCUT2D eigenvalue weighted by Gasteiger charge is 2.30. The average molecular weight is 270 g/mol. The molecule has 2 aromatic rings. The summed E-state index contributed by atoms with van der Waals surface area (Å²) in [4.78, 5) is 4.35. The van der Waals surface area contributed by atoms with Crippen molar-refractivity contribution in [3.63, 3.8) is 0 Å². The molecule has 1 aliphatic carbocycles. The minimum Gasteiger partial charge on any atom is -0.449 e. The molecule has 1 aromatic heterocycles. The predicted octanol–water partition coefficient (Wildman–Crippen LogP) is 4.64. The summed E-state index contributed by atoms with van der Waals surface area (Å²) in [6.45, 7) is 6.57. The van der Waals surface area contributed by atoms with Crippen molar-refractivity contribution in [1.82, 2.24) is 4.98 Å². The van der Waals surface area contributed by atoms with Gasteiger partial charge in [-0.3, -0.25) is 0 Å². The van der Waals surface area contributed by atoms with Gasteiger partial charge in [-0.1, -0.05) is 26.0 Å². The fourth-order valence-electron chi connectivity index (χ4n) is 3.03. The number of nitrogens with one attached hydrogen (secondary N) is 1. The van der Waals surface area contributed by atoms with E-state index < -0.39 is 0 Å². The molecule has 1 heterocycles. The number of hydrogen-bond donors (Lipinski definition) is 1. The van der Waals surface area contributed by atoms with E-state index in [1.54, 1.807) is 6.26 Å². The zero-order valence-corrected chi connectivity index (χ0v) is 12.4. The van der Waals surface area contributed by atoms with Gasteiger partial charge in [-0.15, -0.1) is 0 Å². The van der Waals surface area contributed by atoms with E-state index in [0.717, 1.165) is 11.3 Å². The van der Waals surface area contributed by atoms with E-state index in [4.69, 9.17) is 4.42 Å². The molecule has 3 nitrogen and oxygen atoms in total. The van der Waals surface area contributed by atoms with Crippen molar-refractivity contribution in [2.75, 3.05) is 5.32 Å². The van der Waals surface area contributed by atoms with E-state index in [0.29, 0.717) is 17.3 Å². The Bertz CT molecular complexity index is 583. The largest absolute Gasteiger partial charge is 0.449 e. The van der Waals surface area contributed by atoms with Gasteiger partial charge in [-0.2, -0.15) is 0 Å². The van der Waals surface area contributed by atoms with Crippen LogP contribution in [-0.4, -0.2) is 11.0 Å². The van der Waals surface area contributed by atoms with Crippen LogP contribution >= 0.6 is 0 Å². The van der Waals surface area contributed by atoms with Crippen LogP contribution in [0.5, 0.6) is 0 Å². The van der Waals surface area contributed by atoms with Crippen LogP contribution in [0.25, 0.3) is 11.3 Å². The summed E-state index contributed by atoms with van der Waals surface area (Å²) >= 11 is 0. The van der Waals surface area contributed by atoms with E-state index in [-0.39, 0.29) is 0 Å². The molecule has 0 spiro atoms. The zero-order valence-electron chi connectivity index (χ0n) is 12.4. The van der Waals surface area contributed by atoms with Gasteiger partial charge in [0.15, 0.2) is 5.89 Å². The number of benzene rings is 1. The SMILES string of the molecule is Cc1nc(-c2ccc(NC3CCC(C)(C)C3)cc2)co1. The van der Waals surface area contributed by atoms with Crippen molar-refractivity contribution in [3.8, 4) is 11.3 Å². The topological polar surface area (TPSA) is 38.1 Å². The molecular weight excluding hydrogens is 248 g/mol. The summed E-state index contributed by atoms with van der Waals surface area (Å²) in [6, 6.07) is 9.06. The lowest BCUT2D eigenvalue weighted by atomic mass is 9.92. The smallest absolute Gasteiger partial charge is 0.191 e. The molecule has 3 heteroatoms. The lowest BCUT2D eigenvalue weighted by Gasteiger charge is -2.18. The summed E-state index contributed by atoms with van der Waals surface area (Å²) in [5, 5.41) is 3.64. The van der Waals surface area contributed by atoms with Gasteiger partial charge in [0.2, 0.25) is 0 Å². The van der Waals surface area contributed by atoms with E-state index in [2.05, 4.69) is 48.4 Å². The van der Waals surface area contributed by atoms with Crippen molar-refractivity contribution in [3.05, 3.63) is 36.4 Å². The summed E-state index contributed by atoms with van der Waals surface area (Å²) in [7, 11) is 0. The molecule has 1 atom stereocenters. The molecule has 1 unspecified atom stereocenters. The number of hydrogen-bond acceptors (Lipinski definition) is 3. The Hall–Kier alpha value is -1.77. The second-order valence-corrected chi connectivity index (χ2v) is 6.58. The van der Waals surface area contributed by atoms with Crippen molar-refractivity contribution in [1.29, 1.82) is 0 Å². The predicted molar refractivity (Wildman–Crippen MR) is 81.7 cm³/mol. The third-order valence-corrected chi connectivity index (χ3v) is 4.14. The fraction of sp³-hybridized carbons (Fsp3) is 0.471. The maximum Gasteiger partial charge on any atom is 0.191 e. The van der Waals surface area contributed by atoms with Gasteiger partial charge in [-0.25, -0.2) is 4.98 Å². The number of aryl methyl sites for hydroxylation is 1. The van der Waals surface area contributed by atoms with Gasteiger partial charge in [0, 0.05) is 24.2 Å². The lowest BCUT2D eigenvalue weighted by Crippen LogP contribution is -2.17. The molecule has 0 radical (unpaired) electrons. The number of aromatic nitrogens is 1. The monoisotopic (exact) mass is 270 g/mol. The molecule has 0 bridgehead atoms. The third kappa shape index (κ3) is 2.87. The van der Waals surface area contributed by atoms with Crippen LogP contribution < -0.4 is 5.32 Å². The van der Waals surface area contributed by atoms with E-state index in [9.17, 15) is 0 Å². The summed E-state index contributed by atoms with van der Waals surface area (Å²) in [5.74, 6) is 0.704. The van der Waals surface area contributed by atoms with Crippen LogP contribution in [-0.2, 0) is 0 Å². The molecule has 106 valence electrons. The molecule has 1 saturated carbocycles. The molecule has 1 aromatic carbocycles. The molecule has 0 aliphatic heterocycles. The second kappa shape index (κ2) is 4.97. The Kier molecular flexibility index (Phi) is 3.28. The molecule has 20 heavy (non-hydrogen) atoms. The lowest BCUT2D eigenvalue weighted by molar-refractivity contribution is 0.378. The van der Waals surface area contributed by atoms with Crippen LogP contribution in [0.1, 0.15) is 39.0 Å². The van der Waals surface area contributed by atoms with Crippen LogP contribution in [0.3, 0.4) is 0 Å². The van der Waals surface area contributed by atoms with Gasteiger partial charge in [-0.05, 0) is 36.8 Å². The van der Waals surface area contributed by atoms with Crippen molar-refractivity contribution < 1.29 is 4.42 Å². The summed E-state index contributed by atoms with van der Waals surface area (Å²) in [5.41, 5.74) is 3.67. The Labute approximate surface area is 120 Å². The normalized spacial score (nSPS) is 21.1. The van der Waals surface area contributed by atoms with E-state index in [1.807, 2.05) is 6.92 Å². The highest BCUT2D eigenvalue weighted by Crippen LogP contribution is 2.38. The molecule has 0 saturated heterocycles. The first-order chi connectivity index (χ1) is 9.52. The maximum atomic E-state index is 5.25. The summed E-state index contributed by atoms with van der Waals surface area (Å²) in [6.07, 6.45) is 5.52. The van der Waals surface area contributed by atoms with Crippen LogP contribution in [0, 0.1) is 12.3 Å². The Morgan fingerprint density at radius 1 is 1.25 bits per heavy atom. The molecule has 1 fully saturated rings. The third-order valence-electron chi connectivity index (χ3n) is 4.14. The average Bonchev–Trinajstić information content (AvgIpc) is 2.97. The number of nitrogens with zero attached hydrogens (tertiary/aromatic N) is 1. The standard InChI is InChI=1S/C17H22N2O/c1-12-18-16(11-20-12)13-4-6-14(7-5-13)19-15-8-9-17(2,3)10-15/h4-7,11,15,19H,8-10H2,1-3H3. The van der Waals surface area contributed by atoms with Crippen LogP contribution in [0.4, 0.5) is 5.69 Å². The van der Waals surface area contributed by atoms with Gasteiger partial charge < -0.3 is 9.73 Å². The summed E-state index contributed by atoms with van der Waals surface area (Å²) < 4.78 is 5.25. The van der Waals surface area contributed by atoms with E-state index in [1.165, 1.54) is 24.9 Å². The number of anilines is 1. The second-order valence-electron chi connectivity index (χ2n) is 6.58. The highest BCUT2D eigenvalue weighted by atomic mass is 16.3. The molecule has 1 aliphatic rings. The number of oxazole rings is 1. The Balaban J connectivity index is 1.68. The minimum absolute atomic E-state index is 0.482. The first-order valence-electron chi connectivity index (χ1n) is 7.31. The molecular formula is C17H22N2O. The fourth-order valence-corrected chi connectivity index (χ4v) is 3.03. The Morgan fingerprint density at radius 3 is 2.55 bits per heavy atom. The number of rotatable bonds is 3. The first kappa shape index (κ1) is 13.2. The molecule has 0 amide bonds. The van der Waals surface area contributed by atoms with Gasteiger partial charge >= 0.3 is 0 Å².